The Bertz CT molecular complexity index is 191. The minimum absolute atomic E-state index is 0.831. The summed E-state index contributed by atoms with van der Waals surface area (Å²) < 4.78 is 0. The molecule has 100 valence electrons. The van der Waals surface area contributed by atoms with Crippen LogP contribution in [0.1, 0.15) is 64.2 Å². The van der Waals surface area contributed by atoms with Crippen molar-refractivity contribution in [3.8, 4) is 0 Å². The summed E-state index contributed by atoms with van der Waals surface area (Å²) >= 11 is 0. The van der Waals surface area contributed by atoms with Crippen LogP contribution in [0.15, 0.2) is 0 Å². The molecule has 0 aromatic carbocycles. The van der Waals surface area contributed by atoms with Crippen LogP contribution < -0.4 is 5.32 Å². The topological polar surface area (TPSA) is 15.3 Å². The number of nitrogens with one attached hydrogen (secondary N) is 1. The van der Waals surface area contributed by atoms with Crippen molar-refractivity contribution in [3.63, 3.8) is 0 Å². The van der Waals surface area contributed by atoms with Gasteiger partial charge in [-0.25, -0.2) is 0 Å². The standard InChI is InChI=1S/C15H30N2/c1-17(15-10-4-2-3-5-11-15)13-12-16-14-8-6-7-9-14/h14-16H,2-13H2,1H3. The summed E-state index contributed by atoms with van der Waals surface area (Å²) in [7, 11) is 2.33. The predicted octanol–water partition coefficient (Wildman–Crippen LogP) is 3.17. The number of hydrogen-bond acceptors (Lipinski definition) is 2. The van der Waals surface area contributed by atoms with Gasteiger partial charge in [0.25, 0.3) is 0 Å². The largest absolute Gasteiger partial charge is 0.313 e. The van der Waals surface area contributed by atoms with Crippen LogP contribution in [0.3, 0.4) is 0 Å². The van der Waals surface area contributed by atoms with Crippen molar-refractivity contribution >= 4 is 0 Å². The van der Waals surface area contributed by atoms with Gasteiger partial charge in [-0.15, -0.1) is 0 Å². The SMILES string of the molecule is CN(CCNC1CCCC1)C1CCCCCC1. The third-order valence-electron chi connectivity index (χ3n) is 4.70. The van der Waals surface area contributed by atoms with Gasteiger partial charge < -0.3 is 10.2 Å². The first-order valence-corrected chi connectivity index (χ1v) is 7.80. The minimum atomic E-state index is 0.831. The van der Waals surface area contributed by atoms with E-state index in [-0.39, 0.29) is 0 Å². The van der Waals surface area contributed by atoms with Crippen LogP contribution in [0.25, 0.3) is 0 Å². The second-order valence-electron chi connectivity index (χ2n) is 6.06. The van der Waals surface area contributed by atoms with Gasteiger partial charge in [-0.2, -0.15) is 0 Å². The molecule has 0 saturated heterocycles. The Balaban J connectivity index is 1.60. The number of likely N-dealkylation sites (N-methyl/N-ethyl adjacent to an activating group) is 1. The Morgan fingerprint density at radius 1 is 0.882 bits per heavy atom. The van der Waals surface area contributed by atoms with E-state index in [0.717, 1.165) is 12.1 Å². The van der Waals surface area contributed by atoms with E-state index in [9.17, 15) is 0 Å². The van der Waals surface area contributed by atoms with Crippen molar-refractivity contribution in [3.05, 3.63) is 0 Å². The second kappa shape index (κ2) is 7.38. The van der Waals surface area contributed by atoms with Crippen LogP contribution in [-0.2, 0) is 0 Å². The van der Waals surface area contributed by atoms with Gasteiger partial charge in [0.1, 0.15) is 0 Å². The Hall–Kier alpha value is -0.0800. The van der Waals surface area contributed by atoms with Gasteiger partial charge in [0.05, 0.1) is 0 Å². The highest BCUT2D eigenvalue weighted by molar-refractivity contribution is 4.76. The lowest BCUT2D eigenvalue weighted by atomic mass is 10.1. The summed E-state index contributed by atoms with van der Waals surface area (Å²) in [5.41, 5.74) is 0. The molecular weight excluding hydrogens is 208 g/mol. The van der Waals surface area contributed by atoms with Gasteiger partial charge >= 0.3 is 0 Å². The molecule has 17 heavy (non-hydrogen) atoms. The quantitative estimate of drug-likeness (QED) is 0.740. The lowest BCUT2D eigenvalue weighted by molar-refractivity contribution is 0.218. The zero-order chi connectivity index (χ0) is 11.9. The molecule has 0 aromatic rings. The fourth-order valence-corrected chi connectivity index (χ4v) is 3.46. The molecule has 0 aromatic heterocycles. The molecule has 2 aliphatic carbocycles. The van der Waals surface area contributed by atoms with Crippen LogP contribution >= 0.6 is 0 Å². The summed E-state index contributed by atoms with van der Waals surface area (Å²) in [4.78, 5) is 2.60. The highest BCUT2D eigenvalue weighted by Crippen LogP contribution is 2.21. The predicted molar refractivity (Wildman–Crippen MR) is 74.4 cm³/mol. The number of nitrogens with zero attached hydrogens (tertiary/aromatic N) is 1. The molecule has 0 spiro atoms. The van der Waals surface area contributed by atoms with E-state index < -0.39 is 0 Å². The van der Waals surface area contributed by atoms with Gasteiger partial charge in [-0.3, -0.25) is 0 Å². The van der Waals surface area contributed by atoms with E-state index >= 15 is 0 Å². The maximum atomic E-state index is 3.73. The lowest BCUT2D eigenvalue weighted by Crippen LogP contribution is -2.39. The molecule has 2 saturated carbocycles. The van der Waals surface area contributed by atoms with Crippen molar-refractivity contribution < 1.29 is 0 Å². The molecular formula is C15H30N2. The first-order valence-electron chi connectivity index (χ1n) is 7.80. The van der Waals surface area contributed by atoms with Gasteiger partial charge in [0, 0.05) is 25.2 Å². The Morgan fingerprint density at radius 2 is 1.47 bits per heavy atom. The Morgan fingerprint density at radius 3 is 2.12 bits per heavy atom. The molecule has 0 amide bonds. The summed E-state index contributed by atoms with van der Waals surface area (Å²) in [6, 6.07) is 1.69. The molecule has 2 heteroatoms. The summed E-state index contributed by atoms with van der Waals surface area (Å²) in [6.07, 6.45) is 14.4. The molecule has 2 aliphatic rings. The molecule has 0 heterocycles. The fourth-order valence-electron chi connectivity index (χ4n) is 3.46. The molecule has 0 radical (unpaired) electrons. The van der Waals surface area contributed by atoms with Gasteiger partial charge in [-0.05, 0) is 32.7 Å². The van der Waals surface area contributed by atoms with Crippen LogP contribution in [-0.4, -0.2) is 37.1 Å². The number of rotatable bonds is 5. The summed E-state index contributed by atoms with van der Waals surface area (Å²) in [5, 5.41) is 3.73. The molecule has 0 aliphatic heterocycles. The highest BCUT2D eigenvalue weighted by atomic mass is 15.1. The van der Waals surface area contributed by atoms with Crippen LogP contribution in [0.4, 0.5) is 0 Å². The average molecular weight is 238 g/mol. The third-order valence-corrected chi connectivity index (χ3v) is 4.70. The molecule has 0 unspecified atom stereocenters. The molecule has 0 atom stereocenters. The second-order valence-corrected chi connectivity index (χ2v) is 6.06. The Labute approximate surface area is 107 Å². The van der Waals surface area contributed by atoms with E-state index in [1.807, 2.05) is 0 Å². The normalized spacial score (nSPS) is 24.4. The third kappa shape index (κ3) is 4.59. The molecule has 1 N–H and O–H groups in total. The smallest absolute Gasteiger partial charge is 0.0107 e. The van der Waals surface area contributed by atoms with Crippen molar-refractivity contribution in [2.24, 2.45) is 0 Å². The average Bonchev–Trinajstić information content (AvgIpc) is 2.69. The minimum Gasteiger partial charge on any atom is -0.313 e. The van der Waals surface area contributed by atoms with Gasteiger partial charge in [0.2, 0.25) is 0 Å². The van der Waals surface area contributed by atoms with Gasteiger partial charge in [0.15, 0.2) is 0 Å². The maximum Gasteiger partial charge on any atom is 0.0107 e. The lowest BCUT2D eigenvalue weighted by Gasteiger charge is -2.27. The van der Waals surface area contributed by atoms with E-state index in [1.54, 1.807) is 0 Å². The van der Waals surface area contributed by atoms with E-state index in [2.05, 4.69) is 17.3 Å². The van der Waals surface area contributed by atoms with Crippen LogP contribution in [0.5, 0.6) is 0 Å². The highest BCUT2D eigenvalue weighted by Gasteiger charge is 2.17. The van der Waals surface area contributed by atoms with Crippen molar-refractivity contribution in [2.45, 2.75) is 76.3 Å². The van der Waals surface area contributed by atoms with E-state index in [4.69, 9.17) is 0 Å². The monoisotopic (exact) mass is 238 g/mol. The molecule has 2 fully saturated rings. The molecule has 0 bridgehead atoms. The first-order chi connectivity index (χ1) is 8.36. The first kappa shape index (κ1) is 13.4. The summed E-state index contributed by atoms with van der Waals surface area (Å²) in [6.45, 7) is 2.43. The fraction of sp³-hybridized carbons (Fsp3) is 1.00. The molecule has 2 nitrogen and oxygen atoms in total. The van der Waals surface area contributed by atoms with E-state index in [1.165, 1.54) is 77.3 Å². The number of hydrogen-bond donors (Lipinski definition) is 1. The van der Waals surface area contributed by atoms with Crippen molar-refractivity contribution in [1.82, 2.24) is 10.2 Å². The Kier molecular flexibility index (Phi) is 5.79. The summed E-state index contributed by atoms with van der Waals surface area (Å²) in [5.74, 6) is 0. The molecule has 2 rings (SSSR count). The van der Waals surface area contributed by atoms with E-state index in [0.29, 0.717) is 0 Å². The van der Waals surface area contributed by atoms with Crippen LogP contribution in [0.2, 0.25) is 0 Å². The van der Waals surface area contributed by atoms with Gasteiger partial charge in [-0.1, -0.05) is 38.5 Å². The van der Waals surface area contributed by atoms with Crippen molar-refractivity contribution in [1.29, 1.82) is 0 Å². The maximum absolute atomic E-state index is 3.73. The van der Waals surface area contributed by atoms with Crippen LogP contribution in [0, 0.1) is 0 Å². The zero-order valence-electron chi connectivity index (χ0n) is 11.6. The van der Waals surface area contributed by atoms with Crippen molar-refractivity contribution in [2.75, 3.05) is 20.1 Å². The zero-order valence-corrected chi connectivity index (χ0v) is 11.6.